The number of piperazine rings is 1. The lowest BCUT2D eigenvalue weighted by atomic mass is 9.76. The zero-order valence-corrected chi connectivity index (χ0v) is 27.7. The number of hydrogen-bond donors (Lipinski definition) is 0. The highest BCUT2D eigenvalue weighted by molar-refractivity contribution is 5.75. The molecule has 1 heterocycles. The minimum Gasteiger partial charge on any atom is -0.381 e. The van der Waals surface area contributed by atoms with Crippen LogP contribution in [0.3, 0.4) is 0 Å². The van der Waals surface area contributed by atoms with Crippen molar-refractivity contribution in [2.45, 2.75) is 70.9 Å². The molecule has 0 bridgehead atoms. The predicted octanol–water partition coefficient (Wildman–Crippen LogP) is 8.30. The summed E-state index contributed by atoms with van der Waals surface area (Å²) < 4.78 is 101. The van der Waals surface area contributed by atoms with E-state index in [2.05, 4.69) is 4.90 Å². The summed E-state index contributed by atoms with van der Waals surface area (Å²) >= 11 is 0. The normalized spacial score (nSPS) is 22.3. The molecule has 2 aliphatic rings. The quantitative estimate of drug-likeness (QED) is 0.186. The molecule has 0 N–H and O–H groups in total. The van der Waals surface area contributed by atoms with Crippen molar-refractivity contribution in [1.82, 2.24) is 14.7 Å². The van der Waals surface area contributed by atoms with Crippen molar-refractivity contribution >= 4 is 12.3 Å². The second-order valence-electron chi connectivity index (χ2n) is 13.1. The van der Waals surface area contributed by atoms with Gasteiger partial charge in [-0.25, -0.2) is 9.18 Å². The van der Waals surface area contributed by atoms with Crippen molar-refractivity contribution < 1.29 is 45.1 Å². The Labute approximate surface area is 277 Å². The van der Waals surface area contributed by atoms with Gasteiger partial charge in [-0.3, -0.25) is 4.90 Å². The van der Waals surface area contributed by atoms with E-state index in [9.17, 15) is 40.3 Å². The van der Waals surface area contributed by atoms with E-state index >= 15 is 0 Å². The molecule has 48 heavy (non-hydrogen) atoms. The fourth-order valence-corrected chi connectivity index (χ4v) is 7.03. The number of carbonyl (C=O) groups excluding carboxylic acids is 2. The second-order valence-corrected chi connectivity index (χ2v) is 13.1. The highest BCUT2D eigenvalue weighted by atomic mass is 19.4. The van der Waals surface area contributed by atoms with Gasteiger partial charge in [-0.1, -0.05) is 6.07 Å². The van der Waals surface area contributed by atoms with Crippen LogP contribution in [0.2, 0.25) is 0 Å². The molecule has 1 aliphatic heterocycles. The van der Waals surface area contributed by atoms with Crippen molar-refractivity contribution in [3.05, 3.63) is 70.0 Å². The molecule has 0 aromatic heterocycles. The summed E-state index contributed by atoms with van der Waals surface area (Å²) in [7, 11) is 1.36. The molecule has 2 amide bonds. The average molecular weight is 688 g/mol. The second kappa shape index (κ2) is 15.6. The highest BCUT2D eigenvalue weighted by Gasteiger charge is 2.40. The van der Waals surface area contributed by atoms with Crippen LogP contribution in [0, 0.1) is 30.5 Å². The third kappa shape index (κ3) is 9.07. The van der Waals surface area contributed by atoms with Gasteiger partial charge in [0.25, 0.3) is 0 Å². The Balaban J connectivity index is 1.53. The van der Waals surface area contributed by atoms with Crippen LogP contribution in [0.25, 0.3) is 0 Å². The van der Waals surface area contributed by atoms with E-state index in [0.717, 1.165) is 43.4 Å². The number of carbonyl (C=O) groups is 2. The van der Waals surface area contributed by atoms with E-state index in [-0.39, 0.29) is 30.0 Å². The molecule has 2 aromatic rings. The zero-order valence-electron chi connectivity index (χ0n) is 27.7. The monoisotopic (exact) mass is 687 g/mol. The van der Waals surface area contributed by atoms with E-state index in [4.69, 9.17) is 4.74 Å². The number of hydrogen-bond acceptors (Lipinski definition) is 4. The Morgan fingerprint density at radius 2 is 1.62 bits per heavy atom. The Kier molecular flexibility index (Phi) is 12.2. The largest absolute Gasteiger partial charge is 0.416 e. The van der Waals surface area contributed by atoms with Gasteiger partial charge < -0.3 is 19.3 Å². The summed E-state index contributed by atoms with van der Waals surface area (Å²) in [5, 5.41) is 0. The van der Waals surface area contributed by atoms with Gasteiger partial charge >= 0.3 is 18.4 Å². The predicted molar refractivity (Wildman–Crippen MR) is 167 cm³/mol. The molecule has 6 nitrogen and oxygen atoms in total. The topological polar surface area (TPSA) is 53.1 Å². The van der Waals surface area contributed by atoms with Gasteiger partial charge in [-0.2, -0.15) is 26.3 Å². The lowest BCUT2D eigenvalue weighted by Crippen LogP contribution is -2.54. The first-order valence-corrected chi connectivity index (χ1v) is 16.4. The van der Waals surface area contributed by atoms with Gasteiger partial charge in [-0.15, -0.1) is 0 Å². The number of amides is 2. The molecule has 2 aromatic carbocycles. The number of aryl methyl sites for hydroxylation is 1. The number of benzene rings is 2. The molecule has 0 radical (unpaired) electrons. The van der Waals surface area contributed by atoms with Crippen LogP contribution in [0.15, 0.2) is 36.4 Å². The summed E-state index contributed by atoms with van der Waals surface area (Å²) in [6.07, 6.45) is -5.33. The number of ether oxygens (including phenoxy) is 1. The van der Waals surface area contributed by atoms with Gasteiger partial charge in [0.05, 0.1) is 29.8 Å². The Bertz CT molecular complexity index is 1380. The van der Waals surface area contributed by atoms with Crippen molar-refractivity contribution in [2.24, 2.45) is 17.8 Å². The molecule has 1 aliphatic carbocycles. The molecule has 2 fully saturated rings. The summed E-state index contributed by atoms with van der Waals surface area (Å²) in [5.74, 6) is 0.0918. The first kappa shape index (κ1) is 37.6. The molecule has 3 atom stereocenters. The highest BCUT2D eigenvalue weighted by Crippen LogP contribution is 2.39. The van der Waals surface area contributed by atoms with Gasteiger partial charge in [0.2, 0.25) is 0 Å². The zero-order chi connectivity index (χ0) is 35.4. The van der Waals surface area contributed by atoms with Gasteiger partial charge in [-0.05, 0) is 105 Å². The van der Waals surface area contributed by atoms with Gasteiger partial charge in [0.1, 0.15) is 12.1 Å². The molecular weight excluding hydrogens is 643 g/mol. The molecule has 13 heteroatoms. The molecule has 266 valence electrons. The van der Waals surface area contributed by atoms with Crippen LogP contribution < -0.4 is 0 Å². The summed E-state index contributed by atoms with van der Waals surface area (Å²) in [6.45, 7) is 7.95. The van der Waals surface area contributed by atoms with Crippen LogP contribution in [0.4, 0.5) is 35.5 Å². The van der Waals surface area contributed by atoms with Crippen molar-refractivity contribution in [3.63, 3.8) is 0 Å². The first-order chi connectivity index (χ1) is 22.5. The van der Waals surface area contributed by atoms with Crippen LogP contribution in [0.5, 0.6) is 0 Å². The van der Waals surface area contributed by atoms with Crippen LogP contribution in [-0.4, -0.2) is 73.5 Å². The Hall–Kier alpha value is -3.19. The number of alkyl halides is 6. The Morgan fingerprint density at radius 3 is 2.17 bits per heavy atom. The minimum atomic E-state index is -5.02. The van der Waals surface area contributed by atoms with E-state index in [0.29, 0.717) is 55.5 Å². The van der Waals surface area contributed by atoms with Gasteiger partial charge in [0, 0.05) is 45.8 Å². The van der Waals surface area contributed by atoms with E-state index < -0.39 is 47.4 Å². The number of halogens is 7. The molecule has 1 unspecified atom stereocenters. The van der Waals surface area contributed by atoms with Crippen molar-refractivity contribution in [3.8, 4) is 0 Å². The standard InChI is InChI=1S/C35H44F7N3O3/c1-5-48-21-27(20-46)25-8-6-24(7-9-25)18-44-12-13-45(32(19-44)31-11-10-30(36)14-22(31)2)33(47)43(4)23(3)26-15-28(34(37,38)39)17-29(16-26)35(40,41)42/h10-11,14-17,20,23-25,27,32H,5-9,12-13,18-19,21H2,1-4H3/t23-,24-,25-,27?,32-/m1/s1. The SMILES string of the molecule is CCOCC(C=O)[C@H]1CC[C@H](CN2CCN(C(=O)N(C)[C@H](C)c3cc(C(F)(F)F)cc(C(F)(F)F)c3)[C@@H](c3ccc(F)cc3C)C2)CC1. The molecule has 1 saturated carbocycles. The maximum Gasteiger partial charge on any atom is 0.416 e. The smallest absolute Gasteiger partial charge is 0.381 e. The van der Waals surface area contributed by atoms with E-state index in [1.807, 2.05) is 6.92 Å². The van der Waals surface area contributed by atoms with Crippen molar-refractivity contribution in [2.75, 3.05) is 46.4 Å². The summed E-state index contributed by atoms with van der Waals surface area (Å²) in [5.41, 5.74) is -1.85. The maximum atomic E-state index is 14.1. The summed E-state index contributed by atoms with van der Waals surface area (Å²) in [4.78, 5) is 30.7. The van der Waals surface area contributed by atoms with Crippen LogP contribution >= 0.6 is 0 Å². The Morgan fingerprint density at radius 1 is 1.00 bits per heavy atom. The molecule has 0 spiro atoms. The minimum absolute atomic E-state index is 0.0680. The fraction of sp³-hybridized carbons (Fsp3) is 0.600. The fourth-order valence-electron chi connectivity index (χ4n) is 7.03. The molecule has 4 rings (SSSR count). The lowest BCUT2D eigenvalue weighted by molar-refractivity contribution is -0.143. The average Bonchev–Trinajstić information content (AvgIpc) is 3.03. The number of rotatable bonds is 10. The third-order valence-corrected chi connectivity index (χ3v) is 9.98. The molecule has 1 saturated heterocycles. The van der Waals surface area contributed by atoms with Gasteiger partial charge in [0.15, 0.2) is 0 Å². The van der Waals surface area contributed by atoms with Crippen molar-refractivity contribution in [1.29, 1.82) is 0 Å². The first-order valence-electron chi connectivity index (χ1n) is 16.4. The third-order valence-electron chi connectivity index (χ3n) is 9.98. The summed E-state index contributed by atoms with van der Waals surface area (Å²) in [6, 6.07) is 3.45. The van der Waals surface area contributed by atoms with Crippen LogP contribution in [0.1, 0.15) is 79.4 Å². The lowest BCUT2D eigenvalue weighted by Gasteiger charge is -2.45. The number of aldehydes is 1. The molecular formula is C35H44F7N3O3. The number of nitrogens with zero attached hydrogens (tertiary/aromatic N) is 3. The van der Waals surface area contributed by atoms with E-state index in [1.165, 1.54) is 26.1 Å². The van der Waals surface area contributed by atoms with Crippen LogP contribution in [-0.2, 0) is 21.9 Å². The number of urea groups is 1. The van der Waals surface area contributed by atoms with E-state index in [1.54, 1.807) is 17.9 Å². The maximum absolute atomic E-state index is 14.1.